The topological polar surface area (TPSA) is 12.0 Å². The van der Waals surface area contributed by atoms with Gasteiger partial charge in [0.25, 0.3) is 0 Å². The molecule has 0 atom stereocenters. The zero-order valence-corrected chi connectivity index (χ0v) is 10.7. The van der Waals surface area contributed by atoms with Gasteiger partial charge in [-0.15, -0.1) is 0 Å². The Balaban J connectivity index is 2.13. The van der Waals surface area contributed by atoms with Crippen LogP contribution in [0.25, 0.3) is 0 Å². The number of hydrogen-bond acceptors (Lipinski definition) is 1. The van der Waals surface area contributed by atoms with Crippen LogP contribution in [0, 0.1) is 6.92 Å². The average molecular weight is 265 g/mol. The van der Waals surface area contributed by atoms with Crippen LogP contribution in [0.5, 0.6) is 0 Å². The lowest BCUT2D eigenvalue weighted by atomic mass is 10.2. The summed E-state index contributed by atoms with van der Waals surface area (Å²) in [6.07, 6.45) is 0. The van der Waals surface area contributed by atoms with Crippen molar-refractivity contribution in [3.05, 3.63) is 70.6 Å². The van der Waals surface area contributed by atoms with Crippen molar-refractivity contribution in [2.45, 2.75) is 6.54 Å². The lowest BCUT2D eigenvalue weighted by Gasteiger charge is -2.10. The molecule has 0 aliphatic carbocycles. The van der Waals surface area contributed by atoms with E-state index in [0.717, 1.165) is 16.8 Å². The van der Waals surface area contributed by atoms with Crippen LogP contribution >= 0.6 is 23.2 Å². The maximum atomic E-state index is 6.11. The molecule has 2 rings (SSSR count). The van der Waals surface area contributed by atoms with E-state index < -0.39 is 0 Å². The van der Waals surface area contributed by atoms with E-state index in [4.69, 9.17) is 23.2 Å². The molecule has 0 aliphatic rings. The van der Waals surface area contributed by atoms with Gasteiger partial charge in [-0.2, -0.15) is 0 Å². The van der Waals surface area contributed by atoms with E-state index >= 15 is 0 Å². The zero-order chi connectivity index (χ0) is 12.3. The first kappa shape index (κ1) is 12.3. The summed E-state index contributed by atoms with van der Waals surface area (Å²) >= 11 is 12.1. The number of anilines is 1. The van der Waals surface area contributed by atoms with E-state index in [1.165, 1.54) is 0 Å². The smallest absolute Gasteiger partial charge is 0.0642 e. The normalized spacial score (nSPS) is 10.3. The Hall–Kier alpha value is -1.18. The number of benzene rings is 2. The van der Waals surface area contributed by atoms with Gasteiger partial charge in [-0.25, -0.2) is 0 Å². The Morgan fingerprint density at radius 3 is 2.53 bits per heavy atom. The number of halogens is 2. The molecular weight excluding hydrogens is 253 g/mol. The molecular formula is C14H12Cl2N. The molecule has 0 amide bonds. The Kier molecular flexibility index (Phi) is 3.93. The van der Waals surface area contributed by atoms with Gasteiger partial charge in [0.05, 0.1) is 10.0 Å². The molecule has 0 saturated heterocycles. The maximum absolute atomic E-state index is 6.11. The molecule has 3 heteroatoms. The summed E-state index contributed by atoms with van der Waals surface area (Å²) in [6, 6.07) is 13.5. The molecule has 1 radical (unpaired) electrons. The van der Waals surface area contributed by atoms with Crippen molar-refractivity contribution in [2.75, 3.05) is 5.32 Å². The van der Waals surface area contributed by atoms with Gasteiger partial charge >= 0.3 is 0 Å². The second-order valence-electron chi connectivity index (χ2n) is 3.72. The molecule has 17 heavy (non-hydrogen) atoms. The van der Waals surface area contributed by atoms with E-state index in [1.54, 1.807) is 6.07 Å². The second kappa shape index (κ2) is 5.44. The second-order valence-corrected chi connectivity index (χ2v) is 4.51. The molecule has 0 fully saturated rings. The summed E-state index contributed by atoms with van der Waals surface area (Å²) in [4.78, 5) is 0. The molecule has 0 spiro atoms. The molecule has 0 saturated carbocycles. The molecule has 0 aliphatic heterocycles. The van der Waals surface area contributed by atoms with E-state index in [9.17, 15) is 0 Å². The van der Waals surface area contributed by atoms with Crippen LogP contribution < -0.4 is 5.32 Å². The van der Waals surface area contributed by atoms with Gasteiger partial charge in [0, 0.05) is 12.2 Å². The number of hydrogen-bond donors (Lipinski definition) is 1. The van der Waals surface area contributed by atoms with Crippen LogP contribution in [0.4, 0.5) is 5.69 Å². The summed E-state index contributed by atoms with van der Waals surface area (Å²) in [5, 5.41) is 4.47. The predicted molar refractivity (Wildman–Crippen MR) is 74.7 cm³/mol. The van der Waals surface area contributed by atoms with Crippen molar-refractivity contribution in [3.63, 3.8) is 0 Å². The molecule has 0 aromatic heterocycles. The van der Waals surface area contributed by atoms with E-state index in [1.807, 2.05) is 36.4 Å². The van der Waals surface area contributed by atoms with Crippen LogP contribution in [0.15, 0.2) is 42.5 Å². The lowest BCUT2D eigenvalue weighted by molar-refractivity contribution is 1.15. The highest BCUT2D eigenvalue weighted by atomic mass is 35.5. The van der Waals surface area contributed by atoms with Gasteiger partial charge < -0.3 is 5.32 Å². The summed E-state index contributed by atoms with van der Waals surface area (Å²) in [5.41, 5.74) is 2.94. The van der Waals surface area contributed by atoms with Gasteiger partial charge in [0.2, 0.25) is 0 Å². The van der Waals surface area contributed by atoms with Crippen molar-refractivity contribution >= 4 is 28.9 Å². The van der Waals surface area contributed by atoms with Crippen molar-refractivity contribution in [3.8, 4) is 0 Å². The largest absolute Gasteiger partial charge is 0.381 e. The van der Waals surface area contributed by atoms with Crippen LogP contribution in [-0.2, 0) is 6.54 Å². The van der Waals surface area contributed by atoms with Crippen LogP contribution in [0.1, 0.15) is 11.1 Å². The van der Waals surface area contributed by atoms with Gasteiger partial charge in [-0.05, 0) is 30.2 Å². The van der Waals surface area contributed by atoms with E-state index in [-0.39, 0.29) is 0 Å². The quantitative estimate of drug-likeness (QED) is 0.841. The molecule has 2 aromatic rings. The average Bonchev–Trinajstić information content (AvgIpc) is 2.33. The Labute approximate surface area is 111 Å². The van der Waals surface area contributed by atoms with Gasteiger partial charge in [0.15, 0.2) is 0 Å². The zero-order valence-electron chi connectivity index (χ0n) is 9.21. The minimum absolute atomic E-state index is 0.578. The SMILES string of the molecule is [CH2]c1ccccc1NCc1cccc(Cl)c1Cl. The lowest BCUT2D eigenvalue weighted by Crippen LogP contribution is -2.01. The first-order valence-corrected chi connectivity index (χ1v) is 6.02. The third kappa shape index (κ3) is 2.93. The highest BCUT2D eigenvalue weighted by Crippen LogP contribution is 2.26. The molecule has 1 nitrogen and oxygen atoms in total. The minimum Gasteiger partial charge on any atom is -0.381 e. The molecule has 1 N–H and O–H groups in total. The molecule has 0 unspecified atom stereocenters. The van der Waals surface area contributed by atoms with E-state index in [0.29, 0.717) is 16.6 Å². The third-order valence-corrected chi connectivity index (χ3v) is 3.38. The standard InChI is InChI=1S/C14H12Cl2N/c1-10-5-2-3-8-13(10)17-9-11-6-4-7-12(15)14(11)16/h2-8,17H,1,9H2. The summed E-state index contributed by atoms with van der Waals surface area (Å²) in [5.74, 6) is 0. The highest BCUT2D eigenvalue weighted by molar-refractivity contribution is 6.42. The van der Waals surface area contributed by atoms with Gasteiger partial charge in [-0.3, -0.25) is 0 Å². The fourth-order valence-electron chi connectivity index (χ4n) is 1.57. The van der Waals surface area contributed by atoms with E-state index in [2.05, 4.69) is 12.2 Å². The van der Waals surface area contributed by atoms with Gasteiger partial charge in [0.1, 0.15) is 0 Å². The Morgan fingerprint density at radius 2 is 1.76 bits per heavy atom. The minimum atomic E-state index is 0.578. The van der Waals surface area contributed by atoms with Crippen LogP contribution in [-0.4, -0.2) is 0 Å². The molecule has 87 valence electrons. The summed E-state index contributed by atoms with van der Waals surface area (Å²) in [7, 11) is 0. The van der Waals surface area contributed by atoms with Crippen molar-refractivity contribution in [1.29, 1.82) is 0 Å². The summed E-state index contributed by atoms with van der Waals surface area (Å²) in [6.45, 7) is 4.58. The monoisotopic (exact) mass is 264 g/mol. The predicted octanol–water partition coefficient (Wildman–Crippen LogP) is 4.79. The molecule has 2 aromatic carbocycles. The first-order valence-electron chi connectivity index (χ1n) is 5.26. The van der Waals surface area contributed by atoms with Crippen LogP contribution in [0.3, 0.4) is 0 Å². The Morgan fingerprint density at radius 1 is 1.00 bits per heavy atom. The fraction of sp³-hybridized carbons (Fsp3) is 0.0714. The van der Waals surface area contributed by atoms with Crippen LogP contribution in [0.2, 0.25) is 10.0 Å². The fourth-order valence-corrected chi connectivity index (χ4v) is 1.96. The number of para-hydroxylation sites is 1. The molecule has 0 heterocycles. The Bertz CT molecular complexity index is 523. The molecule has 0 bridgehead atoms. The van der Waals surface area contributed by atoms with Crippen molar-refractivity contribution in [2.24, 2.45) is 0 Å². The van der Waals surface area contributed by atoms with Crippen molar-refractivity contribution in [1.82, 2.24) is 0 Å². The van der Waals surface area contributed by atoms with Gasteiger partial charge in [-0.1, -0.05) is 53.5 Å². The first-order chi connectivity index (χ1) is 8.18. The summed E-state index contributed by atoms with van der Waals surface area (Å²) < 4.78 is 0. The number of nitrogens with one attached hydrogen (secondary N) is 1. The number of rotatable bonds is 3. The third-order valence-electron chi connectivity index (χ3n) is 2.52. The van der Waals surface area contributed by atoms with Crippen molar-refractivity contribution < 1.29 is 0 Å². The maximum Gasteiger partial charge on any atom is 0.0642 e. The highest BCUT2D eigenvalue weighted by Gasteiger charge is 2.04.